The Morgan fingerprint density at radius 1 is 1.44 bits per heavy atom. The second-order valence-electron chi connectivity index (χ2n) is 4.65. The molecular weight excluding hydrogens is 231 g/mol. The number of carbonyl (C=O) groups is 1. The van der Waals surface area contributed by atoms with Gasteiger partial charge in [-0.3, -0.25) is 4.79 Å². The van der Waals surface area contributed by atoms with Gasteiger partial charge in [-0.15, -0.1) is 0 Å². The lowest BCUT2D eigenvalue weighted by molar-refractivity contribution is 0.0642. The SMILES string of the molecule is CCc1cccc2c(F)c(C(=O)N3CCC3)[nH]c12. The largest absolute Gasteiger partial charge is 0.348 e. The van der Waals surface area contributed by atoms with E-state index in [1.54, 1.807) is 11.0 Å². The van der Waals surface area contributed by atoms with Gasteiger partial charge in [0.1, 0.15) is 5.69 Å². The highest BCUT2D eigenvalue weighted by Crippen LogP contribution is 2.26. The van der Waals surface area contributed by atoms with E-state index in [2.05, 4.69) is 4.98 Å². The number of hydrogen-bond acceptors (Lipinski definition) is 1. The number of nitrogens with one attached hydrogen (secondary N) is 1. The first-order valence-electron chi connectivity index (χ1n) is 6.30. The van der Waals surface area contributed by atoms with Crippen LogP contribution >= 0.6 is 0 Å². The van der Waals surface area contributed by atoms with Gasteiger partial charge in [-0.25, -0.2) is 4.39 Å². The van der Waals surface area contributed by atoms with Gasteiger partial charge in [0.2, 0.25) is 0 Å². The van der Waals surface area contributed by atoms with Crippen molar-refractivity contribution < 1.29 is 9.18 Å². The molecule has 1 amide bonds. The maximum Gasteiger partial charge on any atom is 0.273 e. The van der Waals surface area contributed by atoms with Crippen molar-refractivity contribution in [3.8, 4) is 0 Å². The van der Waals surface area contributed by atoms with Gasteiger partial charge in [-0.2, -0.15) is 0 Å². The summed E-state index contributed by atoms with van der Waals surface area (Å²) in [6.07, 6.45) is 1.82. The van der Waals surface area contributed by atoms with Crippen LogP contribution < -0.4 is 0 Å². The van der Waals surface area contributed by atoms with E-state index in [0.717, 1.165) is 37.0 Å². The maximum absolute atomic E-state index is 14.2. The highest BCUT2D eigenvalue weighted by molar-refractivity contribution is 5.99. The first-order chi connectivity index (χ1) is 8.72. The van der Waals surface area contributed by atoms with Crippen LogP contribution in [0.1, 0.15) is 29.4 Å². The molecule has 0 saturated carbocycles. The number of benzene rings is 1. The molecule has 18 heavy (non-hydrogen) atoms. The van der Waals surface area contributed by atoms with Crippen molar-refractivity contribution in [2.45, 2.75) is 19.8 Å². The molecule has 2 heterocycles. The van der Waals surface area contributed by atoms with Crippen LogP contribution in [0.5, 0.6) is 0 Å². The molecule has 3 nitrogen and oxygen atoms in total. The highest BCUT2D eigenvalue weighted by Gasteiger charge is 2.27. The van der Waals surface area contributed by atoms with Crippen molar-refractivity contribution in [1.29, 1.82) is 0 Å². The molecule has 1 N–H and O–H groups in total. The number of aromatic amines is 1. The van der Waals surface area contributed by atoms with E-state index in [9.17, 15) is 9.18 Å². The normalized spacial score (nSPS) is 14.9. The summed E-state index contributed by atoms with van der Waals surface area (Å²) in [5.74, 6) is -0.644. The van der Waals surface area contributed by atoms with Gasteiger partial charge < -0.3 is 9.88 Å². The number of likely N-dealkylation sites (tertiary alicyclic amines) is 1. The van der Waals surface area contributed by atoms with Gasteiger partial charge in [-0.05, 0) is 24.5 Å². The number of fused-ring (bicyclic) bond motifs is 1. The molecule has 0 radical (unpaired) electrons. The molecule has 0 bridgehead atoms. The number of amides is 1. The first kappa shape index (κ1) is 11.3. The number of para-hydroxylation sites is 1. The lowest BCUT2D eigenvalue weighted by atomic mass is 10.1. The predicted octanol–water partition coefficient (Wildman–Crippen LogP) is 2.72. The minimum atomic E-state index is -0.419. The zero-order valence-electron chi connectivity index (χ0n) is 10.3. The monoisotopic (exact) mass is 246 g/mol. The van der Waals surface area contributed by atoms with Crippen molar-refractivity contribution >= 4 is 16.8 Å². The molecular formula is C14H15FN2O. The topological polar surface area (TPSA) is 36.1 Å². The highest BCUT2D eigenvalue weighted by atomic mass is 19.1. The third kappa shape index (κ3) is 1.52. The Morgan fingerprint density at radius 3 is 2.83 bits per heavy atom. The Balaban J connectivity index is 2.13. The molecule has 1 aliphatic rings. The summed E-state index contributed by atoms with van der Waals surface area (Å²) in [7, 11) is 0. The molecule has 1 saturated heterocycles. The van der Waals surface area contributed by atoms with Crippen LogP contribution in [0.15, 0.2) is 18.2 Å². The fourth-order valence-corrected chi connectivity index (χ4v) is 2.36. The number of H-pyrrole nitrogens is 1. The number of aryl methyl sites for hydroxylation is 1. The predicted molar refractivity (Wildman–Crippen MR) is 68.2 cm³/mol. The fourth-order valence-electron chi connectivity index (χ4n) is 2.36. The summed E-state index contributed by atoms with van der Waals surface area (Å²) in [6, 6.07) is 5.50. The van der Waals surface area contributed by atoms with Crippen LogP contribution in [0.25, 0.3) is 10.9 Å². The van der Waals surface area contributed by atoms with Gasteiger partial charge in [0.05, 0.1) is 5.52 Å². The van der Waals surface area contributed by atoms with Crippen LogP contribution in [-0.4, -0.2) is 28.9 Å². The van der Waals surface area contributed by atoms with Crippen molar-refractivity contribution in [2.75, 3.05) is 13.1 Å². The third-order valence-electron chi connectivity index (χ3n) is 3.59. The number of hydrogen-bond donors (Lipinski definition) is 1. The minimum absolute atomic E-state index is 0.102. The molecule has 0 atom stereocenters. The summed E-state index contributed by atoms with van der Waals surface area (Å²) in [4.78, 5) is 16.7. The minimum Gasteiger partial charge on any atom is -0.348 e. The summed E-state index contributed by atoms with van der Waals surface area (Å²) < 4.78 is 14.2. The average molecular weight is 246 g/mol. The van der Waals surface area contributed by atoms with Crippen LogP contribution in [0.2, 0.25) is 0 Å². The molecule has 4 heteroatoms. The lowest BCUT2D eigenvalue weighted by Crippen LogP contribution is -2.42. The Bertz CT molecular complexity index is 614. The average Bonchev–Trinajstić information content (AvgIpc) is 2.65. The summed E-state index contributed by atoms with van der Waals surface area (Å²) >= 11 is 0. The smallest absolute Gasteiger partial charge is 0.273 e. The van der Waals surface area contributed by atoms with Crippen molar-refractivity contribution in [3.63, 3.8) is 0 Å². The van der Waals surface area contributed by atoms with Crippen LogP contribution in [0.4, 0.5) is 4.39 Å². The number of rotatable bonds is 2. The quantitative estimate of drug-likeness (QED) is 0.869. The zero-order valence-corrected chi connectivity index (χ0v) is 10.3. The van der Waals surface area contributed by atoms with E-state index in [0.29, 0.717) is 5.39 Å². The van der Waals surface area contributed by atoms with Crippen LogP contribution in [0.3, 0.4) is 0 Å². The van der Waals surface area contributed by atoms with Gasteiger partial charge in [0.15, 0.2) is 5.82 Å². The molecule has 0 spiro atoms. The molecule has 1 aromatic heterocycles. The van der Waals surface area contributed by atoms with Gasteiger partial charge in [0, 0.05) is 18.5 Å². The summed E-state index contributed by atoms with van der Waals surface area (Å²) in [6.45, 7) is 3.48. The molecule has 0 unspecified atom stereocenters. The molecule has 0 aliphatic carbocycles. The number of halogens is 1. The Labute approximate surface area is 105 Å². The fraction of sp³-hybridized carbons (Fsp3) is 0.357. The maximum atomic E-state index is 14.2. The molecule has 1 aliphatic heterocycles. The van der Waals surface area contributed by atoms with E-state index >= 15 is 0 Å². The second kappa shape index (κ2) is 4.12. The molecule has 1 aromatic carbocycles. The third-order valence-corrected chi connectivity index (χ3v) is 3.59. The standard InChI is InChI=1S/C14H15FN2O/c1-2-9-5-3-6-10-11(15)13(16-12(9)10)14(18)17-7-4-8-17/h3,5-6,16H,2,4,7-8H2,1H3. The summed E-state index contributed by atoms with van der Waals surface area (Å²) in [5.41, 5.74) is 1.89. The van der Waals surface area contributed by atoms with Crippen LogP contribution in [0, 0.1) is 5.82 Å². The first-order valence-corrected chi connectivity index (χ1v) is 6.30. The Kier molecular flexibility index (Phi) is 2.58. The van der Waals surface area contributed by atoms with Gasteiger partial charge in [-0.1, -0.05) is 19.1 Å². The van der Waals surface area contributed by atoms with E-state index in [1.807, 2.05) is 19.1 Å². The summed E-state index contributed by atoms with van der Waals surface area (Å²) in [5, 5.41) is 0.512. The van der Waals surface area contributed by atoms with E-state index in [-0.39, 0.29) is 11.6 Å². The van der Waals surface area contributed by atoms with Crippen molar-refractivity contribution in [3.05, 3.63) is 35.3 Å². The lowest BCUT2D eigenvalue weighted by Gasteiger charge is -2.30. The number of nitrogens with zero attached hydrogens (tertiary/aromatic N) is 1. The van der Waals surface area contributed by atoms with Crippen molar-refractivity contribution in [2.24, 2.45) is 0 Å². The number of aromatic nitrogens is 1. The molecule has 2 aromatic rings. The number of carbonyl (C=O) groups excluding carboxylic acids is 1. The molecule has 3 rings (SSSR count). The van der Waals surface area contributed by atoms with E-state index in [4.69, 9.17) is 0 Å². The molecule has 94 valence electrons. The zero-order chi connectivity index (χ0) is 12.7. The second-order valence-corrected chi connectivity index (χ2v) is 4.65. The Morgan fingerprint density at radius 2 is 2.22 bits per heavy atom. The van der Waals surface area contributed by atoms with E-state index < -0.39 is 5.82 Å². The van der Waals surface area contributed by atoms with Gasteiger partial charge in [0.25, 0.3) is 5.91 Å². The Hall–Kier alpha value is -1.84. The molecule has 1 fully saturated rings. The van der Waals surface area contributed by atoms with E-state index in [1.165, 1.54) is 0 Å². The van der Waals surface area contributed by atoms with Gasteiger partial charge >= 0.3 is 0 Å². The van der Waals surface area contributed by atoms with Crippen molar-refractivity contribution in [1.82, 2.24) is 9.88 Å². The van der Waals surface area contributed by atoms with Crippen LogP contribution in [-0.2, 0) is 6.42 Å².